The van der Waals surface area contributed by atoms with E-state index < -0.39 is 0 Å². The zero-order valence-electron chi connectivity index (χ0n) is 11.7. The standard InChI is InChI=1S/C17H15BrN2O/c1-20-11-16(18)19-17(20)14-7-9-15(10-8-14)21-12-13-5-3-2-4-6-13/h2-11H,12H2,1H3. The van der Waals surface area contributed by atoms with Crippen LogP contribution in [0.15, 0.2) is 65.4 Å². The molecule has 1 heterocycles. The Balaban J connectivity index is 1.71. The molecule has 0 amide bonds. The number of halogens is 1. The molecule has 0 radical (unpaired) electrons. The molecule has 4 heteroatoms. The maximum Gasteiger partial charge on any atom is 0.141 e. The van der Waals surface area contributed by atoms with E-state index in [1.165, 1.54) is 0 Å². The first-order valence-corrected chi connectivity index (χ1v) is 7.48. The van der Waals surface area contributed by atoms with Crippen LogP contribution in [0.5, 0.6) is 5.75 Å². The summed E-state index contributed by atoms with van der Waals surface area (Å²) < 4.78 is 8.61. The third-order valence-corrected chi connectivity index (χ3v) is 3.59. The van der Waals surface area contributed by atoms with Crippen LogP contribution >= 0.6 is 15.9 Å². The monoisotopic (exact) mass is 342 g/mol. The minimum absolute atomic E-state index is 0.578. The summed E-state index contributed by atoms with van der Waals surface area (Å²) in [5.41, 5.74) is 2.23. The quantitative estimate of drug-likeness (QED) is 0.701. The van der Waals surface area contributed by atoms with Crippen molar-refractivity contribution < 1.29 is 4.74 Å². The number of aromatic nitrogens is 2. The van der Waals surface area contributed by atoms with Gasteiger partial charge in [-0.2, -0.15) is 0 Å². The second-order valence-electron chi connectivity index (χ2n) is 4.80. The first kappa shape index (κ1) is 13.9. The first-order valence-electron chi connectivity index (χ1n) is 6.68. The van der Waals surface area contributed by atoms with Gasteiger partial charge in [0.05, 0.1) is 0 Å². The topological polar surface area (TPSA) is 27.1 Å². The van der Waals surface area contributed by atoms with E-state index in [-0.39, 0.29) is 0 Å². The van der Waals surface area contributed by atoms with Crippen molar-refractivity contribution in [2.24, 2.45) is 7.05 Å². The van der Waals surface area contributed by atoms with Gasteiger partial charge in [0.25, 0.3) is 0 Å². The molecule has 0 atom stereocenters. The molecule has 21 heavy (non-hydrogen) atoms. The number of benzene rings is 2. The van der Waals surface area contributed by atoms with Gasteiger partial charge in [0.2, 0.25) is 0 Å². The number of rotatable bonds is 4. The van der Waals surface area contributed by atoms with Crippen LogP contribution in [-0.2, 0) is 13.7 Å². The third kappa shape index (κ3) is 3.34. The number of ether oxygens (including phenoxy) is 1. The summed E-state index contributed by atoms with van der Waals surface area (Å²) in [6.07, 6.45) is 1.94. The van der Waals surface area contributed by atoms with Gasteiger partial charge in [0.1, 0.15) is 22.8 Å². The highest BCUT2D eigenvalue weighted by molar-refractivity contribution is 9.10. The first-order chi connectivity index (χ1) is 10.2. The summed E-state index contributed by atoms with van der Waals surface area (Å²) in [5.74, 6) is 1.78. The molecule has 1 aromatic heterocycles. The lowest BCUT2D eigenvalue weighted by Gasteiger charge is -2.07. The average Bonchev–Trinajstić information content (AvgIpc) is 2.85. The van der Waals surface area contributed by atoms with E-state index in [4.69, 9.17) is 4.74 Å². The van der Waals surface area contributed by atoms with Crippen molar-refractivity contribution in [3.05, 3.63) is 71.0 Å². The minimum Gasteiger partial charge on any atom is -0.489 e. The Kier molecular flexibility index (Phi) is 4.06. The predicted molar refractivity (Wildman–Crippen MR) is 87.1 cm³/mol. The molecule has 0 fully saturated rings. The second kappa shape index (κ2) is 6.14. The normalized spacial score (nSPS) is 10.6. The Morgan fingerprint density at radius 1 is 1.05 bits per heavy atom. The van der Waals surface area contributed by atoms with Gasteiger partial charge < -0.3 is 9.30 Å². The van der Waals surface area contributed by atoms with Crippen LogP contribution in [0.3, 0.4) is 0 Å². The fraction of sp³-hybridized carbons (Fsp3) is 0.118. The second-order valence-corrected chi connectivity index (χ2v) is 5.61. The Bertz CT molecular complexity index is 720. The average molecular weight is 343 g/mol. The van der Waals surface area contributed by atoms with Gasteiger partial charge in [-0.3, -0.25) is 0 Å². The van der Waals surface area contributed by atoms with Gasteiger partial charge in [0.15, 0.2) is 0 Å². The summed E-state index contributed by atoms with van der Waals surface area (Å²) in [6, 6.07) is 18.1. The molecule has 2 aromatic carbocycles. The van der Waals surface area contributed by atoms with Gasteiger partial charge in [-0.15, -0.1) is 0 Å². The molecule has 0 aliphatic heterocycles. The van der Waals surface area contributed by atoms with E-state index in [1.54, 1.807) is 0 Å². The van der Waals surface area contributed by atoms with Crippen LogP contribution < -0.4 is 4.74 Å². The maximum absolute atomic E-state index is 5.78. The zero-order chi connectivity index (χ0) is 14.7. The predicted octanol–water partition coefficient (Wildman–Crippen LogP) is 4.43. The molecule has 0 aliphatic rings. The van der Waals surface area contributed by atoms with E-state index in [0.29, 0.717) is 6.61 Å². The fourth-order valence-electron chi connectivity index (χ4n) is 2.14. The molecule has 0 unspecified atom stereocenters. The molecule has 0 bridgehead atoms. The molecule has 3 aromatic rings. The summed E-state index contributed by atoms with van der Waals surface area (Å²) in [6.45, 7) is 0.578. The van der Waals surface area contributed by atoms with E-state index in [9.17, 15) is 0 Å². The molecule has 106 valence electrons. The zero-order valence-corrected chi connectivity index (χ0v) is 13.2. The lowest BCUT2D eigenvalue weighted by Crippen LogP contribution is -1.95. The Hall–Kier alpha value is -2.07. The van der Waals surface area contributed by atoms with Crippen molar-refractivity contribution in [2.45, 2.75) is 6.61 Å². The number of hydrogen-bond acceptors (Lipinski definition) is 2. The molecule has 0 saturated heterocycles. The molecule has 0 spiro atoms. The fourth-order valence-corrected chi connectivity index (χ4v) is 2.61. The van der Waals surface area contributed by atoms with E-state index >= 15 is 0 Å². The van der Waals surface area contributed by atoms with E-state index in [0.717, 1.165) is 27.3 Å². The molecule has 0 N–H and O–H groups in total. The highest BCUT2D eigenvalue weighted by Crippen LogP contribution is 2.23. The summed E-state index contributed by atoms with van der Waals surface area (Å²) in [4.78, 5) is 4.44. The minimum atomic E-state index is 0.578. The molecule has 3 rings (SSSR count). The van der Waals surface area contributed by atoms with Crippen molar-refractivity contribution in [3.8, 4) is 17.1 Å². The van der Waals surface area contributed by atoms with Crippen LogP contribution in [0, 0.1) is 0 Å². The summed E-state index contributed by atoms with van der Waals surface area (Å²) >= 11 is 3.39. The third-order valence-electron chi connectivity index (χ3n) is 3.21. The molecular formula is C17H15BrN2O. The summed E-state index contributed by atoms with van der Waals surface area (Å²) in [5, 5.41) is 0. The molecule has 3 nitrogen and oxygen atoms in total. The largest absolute Gasteiger partial charge is 0.489 e. The van der Waals surface area contributed by atoms with Gasteiger partial charge in [-0.25, -0.2) is 4.98 Å². The SMILES string of the molecule is Cn1cc(Br)nc1-c1ccc(OCc2ccccc2)cc1. The van der Waals surface area contributed by atoms with E-state index in [1.807, 2.05) is 60.3 Å². The highest BCUT2D eigenvalue weighted by Gasteiger charge is 2.06. The Morgan fingerprint density at radius 3 is 2.38 bits per heavy atom. The molecule has 0 saturated carbocycles. The van der Waals surface area contributed by atoms with Crippen LogP contribution in [0.25, 0.3) is 11.4 Å². The van der Waals surface area contributed by atoms with Crippen LogP contribution in [0.4, 0.5) is 0 Å². The van der Waals surface area contributed by atoms with Crippen molar-refractivity contribution in [3.63, 3.8) is 0 Å². The number of hydrogen-bond donors (Lipinski definition) is 0. The number of aryl methyl sites for hydroxylation is 1. The maximum atomic E-state index is 5.78. The van der Waals surface area contributed by atoms with E-state index in [2.05, 4.69) is 33.0 Å². The van der Waals surface area contributed by atoms with Crippen molar-refractivity contribution in [2.75, 3.05) is 0 Å². The Morgan fingerprint density at radius 2 is 1.76 bits per heavy atom. The highest BCUT2D eigenvalue weighted by atomic mass is 79.9. The lowest BCUT2D eigenvalue weighted by atomic mass is 10.2. The van der Waals surface area contributed by atoms with Crippen LogP contribution in [0.2, 0.25) is 0 Å². The lowest BCUT2D eigenvalue weighted by molar-refractivity contribution is 0.306. The van der Waals surface area contributed by atoms with Gasteiger partial charge >= 0.3 is 0 Å². The van der Waals surface area contributed by atoms with Gasteiger partial charge in [-0.1, -0.05) is 30.3 Å². The number of imidazole rings is 1. The van der Waals surface area contributed by atoms with Crippen molar-refractivity contribution in [1.82, 2.24) is 9.55 Å². The van der Waals surface area contributed by atoms with Gasteiger partial charge in [0, 0.05) is 18.8 Å². The summed E-state index contributed by atoms with van der Waals surface area (Å²) in [7, 11) is 1.98. The van der Waals surface area contributed by atoms with Crippen LogP contribution in [0.1, 0.15) is 5.56 Å². The van der Waals surface area contributed by atoms with Crippen molar-refractivity contribution in [1.29, 1.82) is 0 Å². The molecular weight excluding hydrogens is 328 g/mol. The molecule has 0 aliphatic carbocycles. The van der Waals surface area contributed by atoms with Gasteiger partial charge in [-0.05, 0) is 45.8 Å². The van der Waals surface area contributed by atoms with Crippen LogP contribution in [-0.4, -0.2) is 9.55 Å². The number of nitrogens with zero attached hydrogens (tertiary/aromatic N) is 2. The Labute approximate surface area is 132 Å². The smallest absolute Gasteiger partial charge is 0.141 e. The van der Waals surface area contributed by atoms with Crippen molar-refractivity contribution >= 4 is 15.9 Å².